The van der Waals surface area contributed by atoms with Crippen LogP contribution in [0.1, 0.15) is 31.9 Å². The monoisotopic (exact) mass is 250 g/mol. The van der Waals surface area contributed by atoms with E-state index in [2.05, 4.69) is 18.7 Å². The number of benzene rings is 1. The van der Waals surface area contributed by atoms with E-state index in [1.807, 2.05) is 6.07 Å². The van der Waals surface area contributed by atoms with Crippen LogP contribution in [-0.4, -0.2) is 24.5 Å². The van der Waals surface area contributed by atoms with Gasteiger partial charge < -0.3 is 5.73 Å². The third kappa shape index (κ3) is 2.90. The van der Waals surface area contributed by atoms with E-state index < -0.39 is 0 Å². The second-order valence-corrected chi connectivity index (χ2v) is 5.49. The van der Waals surface area contributed by atoms with E-state index in [4.69, 9.17) is 5.73 Å². The number of hydrogen-bond acceptors (Lipinski definition) is 2. The molecule has 0 aliphatic carbocycles. The average Bonchev–Trinajstić information content (AvgIpc) is 2.38. The van der Waals surface area contributed by atoms with Crippen LogP contribution in [-0.2, 0) is 0 Å². The molecule has 3 atom stereocenters. The van der Waals surface area contributed by atoms with E-state index in [0.717, 1.165) is 25.2 Å². The summed E-state index contributed by atoms with van der Waals surface area (Å²) in [6, 6.07) is 7.19. The van der Waals surface area contributed by atoms with Crippen LogP contribution in [0.2, 0.25) is 0 Å². The highest BCUT2D eigenvalue weighted by molar-refractivity contribution is 5.19. The molecule has 2 rings (SSSR count). The first-order chi connectivity index (χ1) is 8.61. The molecule has 0 amide bonds. The molecule has 1 aromatic rings. The molecule has 0 saturated carbocycles. The summed E-state index contributed by atoms with van der Waals surface area (Å²) in [5, 5.41) is 0. The van der Waals surface area contributed by atoms with Gasteiger partial charge in [0.25, 0.3) is 0 Å². The number of rotatable bonds is 3. The Morgan fingerprint density at radius 1 is 1.50 bits per heavy atom. The molecule has 18 heavy (non-hydrogen) atoms. The minimum Gasteiger partial charge on any atom is -0.330 e. The van der Waals surface area contributed by atoms with E-state index in [-0.39, 0.29) is 11.9 Å². The van der Waals surface area contributed by atoms with Crippen molar-refractivity contribution in [3.63, 3.8) is 0 Å². The van der Waals surface area contributed by atoms with Gasteiger partial charge in [-0.05, 0) is 56.0 Å². The van der Waals surface area contributed by atoms with Crippen molar-refractivity contribution in [3.05, 3.63) is 35.6 Å². The van der Waals surface area contributed by atoms with Crippen LogP contribution in [0.4, 0.5) is 4.39 Å². The van der Waals surface area contributed by atoms with Gasteiger partial charge in [0.1, 0.15) is 5.82 Å². The standard InChI is InChI=1S/C15H23FN2/c1-11-6-7-18(10-14(11)9-17)12(2)13-4-3-5-15(16)8-13/h3-5,8,11-12,14H,6-7,9-10,17H2,1-2H3. The van der Waals surface area contributed by atoms with Crippen molar-refractivity contribution in [2.45, 2.75) is 26.3 Å². The second-order valence-electron chi connectivity index (χ2n) is 5.49. The highest BCUT2D eigenvalue weighted by Crippen LogP contribution is 2.29. The lowest BCUT2D eigenvalue weighted by atomic mass is 9.86. The zero-order valence-electron chi connectivity index (χ0n) is 11.3. The molecule has 1 aromatic carbocycles. The van der Waals surface area contributed by atoms with E-state index >= 15 is 0 Å². The van der Waals surface area contributed by atoms with Crippen LogP contribution in [0, 0.1) is 17.7 Å². The maximum absolute atomic E-state index is 13.3. The summed E-state index contributed by atoms with van der Waals surface area (Å²) >= 11 is 0. The predicted octanol–water partition coefficient (Wildman–Crippen LogP) is 2.80. The normalized spacial score (nSPS) is 27.1. The van der Waals surface area contributed by atoms with Crippen molar-refractivity contribution in [3.8, 4) is 0 Å². The van der Waals surface area contributed by atoms with Crippen molar-refractivity contribution in [1.82, 2.24) is 4.90 Å². The lowest BCUT2D eigenvalue weighted by Gasteiger charge is -2.40. The molecule has 2 N–H and O–H groups in total. The van der Waals surface area contributed by atoms with E-state index in [1.54, 1.807) is 12.1 Å². The second kappa shape index (κ2) is 5.81. The van der Waals surface area contributed by atoms with Gasteiger partial charge in [0, 0.05) is 12.6 Å². The van der Waals surface area contributed by atoms with Gasteiger partial charge in [0.05, 0.1) is 0 Å². The summed E-state index contributed by atoms with van der Waals surface area (Å²) in [6.07, 6.45) is 1.18. The van der Waals surface area contributed by atoms with Crippen LogP contribution >= 0.6 is 0 Å². The van der Waals surface area contributed by atoms with Crippen LogP contribution in [0.25, 0.3) is 0 Å². The Hall–Kier alpha value is -0.930. The fraction of sp³-hybridized carbons (Fsp3) is 0.600. The van der Waals surface area contributed by atoms with Gasteiger partial charge in [0.15, 0.2) is 0 Å². The van der Waals surface area contributed by atoms with Crippen molar-refractivity contribution in [2.75, 3.05) is 19.6 Å². The van der Waals surface area contributed by atoms with Gasteiger partial charge in [-0.15, -0.1) is 0 Å². The molecule has 1 aliphatic heterocycles. The molecule has 100 valence electrons. The van der Waals surface area contributed by atoms with Crippen LogP contribution < -0.4 is 5.73 Å². The molecule has 1 heterocycles. The number of halogens is 1. The largest absolute Gasteiger partial charge is 0.330 e. The number of likely N-dealkylation sites (tertiary alicyclic amines) is 1. The summed E-state index contributed by atoms with van der Waals surface area (Å²) in [4.78, 5) is 2.42. The number of nitrogens with two attached hydrogens (primary N) is 1. The Morgan fingerprint density at radius 3 is 2.94 bits per heavy atom. The molecule has 3 heteroatoms. The molecule has 1 fully saturated rings. The predicted molar refractivity (Wildman–Crippen MR) is 72.7 cm³/mol. The summed E-state index contributed by atoms with van der Waals surface area (Å²) < 4.78 is 13.3. The average molecular weight is 250 g/mol. The van der Waals surface area contributed by atoms with Gasteiger partial charge in [-0.3, -0.25) is 4.90 Å². The van der Waals surface area contributed by atoms with Gasteiger partial charge in [0.2, 0.25) is 0 Å². The lowest BCUT2D eigenvalue weighted by Crippen LogP contribution is -2.43. The SMILES string of the molecule is CC1CCN(C(C)c2cccc(F)c2)CC1CN. The van der Waals surface area contributed by atoms with Crippen molar-refractivity contribution in [2.24, 2.45) is 17.6 Å². The highest BCUT2D eigenvalue weighted by Gasteiger charge is 2.28. The van der Waals surface area contributed by atoms with Crippen LogP contribution in [0.5, 0.6) is 0 Å². The molecule has 1 aliphatic rings. The topological polar surface area (TPSA) is 29.3 Å². The third-order valence-corrected chi connectivity index (χ3v) is 4.33. The van der Waals surface area contributed by atoms with Gasteiger partial charge >= 0.3 is 0 Å². The first-order valence-corrected chi connectivity index (χ1v) is 6.81. The fourth-order valence-corrected chi connectivity index (χ4v) is 2.81. The van der Waals surface area contributed by atoms with Gasteiger partial charge in [-0.1, -0.05) is 19.1 Å². The number of hydrogen-bond donors (Lipinski definition) is 1. The first kappa shape index (κ1) is 13.5. The van der Waals surface area contributed by atoms with Crippen LogP contribution in [0.3, 0.4) is 0 Å². The zero-order chi connectivity index (χ0) is 13.1. The molecule has 3 unspecified atom stereocenters. The van der Waals surface area contributed by atoms with Crippen LogP contribution in [0.15, 0.2) is 24.3 Å². The van der Waals surface area contributed by atoms with E-state index in [9.17, 15) is 4.39 Å². The number of piperidine rings is 1. The molecular weight excluding hydrogens is 227 g/mol. The minimum atomic E-state index is -0.153. The van der Waals surface area contributed by atoms with Crippen molar-refractivity contribution in [1.29, 1.82) is 0 Å². The number of nitrogens with zero attached hydrogens (tertiary/aromatic N) is 1. The fourth-order valence-electron chi connectivity index (χ4n) is 2.81. The van der Waals surface area contributed by atoms with Gasteiger partial charge in [-0.2, -0.15) is 0 Å². The molecule has 0 spiro atoms. The van der Waals surface area contributed by atoms with E-state index in [0.29, 0.717) is 11.8 Å². The third-order valence-electron chi connectivity index (χ3n) is 4.33. The summed E-state index contributed by atoms with van der Waals surface area (Å²) in [6.45, 7) is 7.28. The van der Waals surface area contributed by atoms with Crippen molar-refractivity contribution < 1.29 is 4.39 Å². The quantitative estimate of drug-likeness (QED) is 0.894. The Kier molecular flexibility index (Phi) is 4.36. The molecule has 0 radical (unpaired) electrons. The Bertz CT molecular complexity index is 394. The smallest absolute Gasteiger partial charge is 0.123 e. The molecule has 0 bridgehead atoms. The maximum atomic E-state index is 13.3. The Morgan fingerprint density at radius 2 is 2.28 bits per heavy atom. The van der Waals surface area contributed by atoms with Crippen molar-refractivity contribution >= 4 is 0 Å². The van der Waals surface area contributed by atoms with Gasteiger partial charge in [-0.25, -0.2) is 4.39 Å². The first-order valence-electron chi connectivity index (χ1n) is 6.81. The summed E-state index contributed by atoms with van der Waals surface area (Å²) in [5.41, 5.74) is 6.89. The highest BCUT2D eigenvalue weighted by atomic mass is 19.1. The molecular formula is C15H23FN2. The maximum Gasteiger partial charge on any atom is 0.123 e. The minimum absolute atomic E-state index is 0.153. The molecule has 1 saturated heterocycles. The lowest BCUT2D eigenvalue weighted by molar-refractivity contribution is 0.0977. The molecule has 2 nitrogen and oxygen atoms in total. The van der Waals surface area contributed by atoms with E-state index in [1.165, 1.54) is 12.5 Å². The zero-order valence-corrected chi connectivity index (χ0v) is 11.3. The summed E-state index contributed by atoms with van der Waals surface area (Å²) in [7, 11) is 0. The summed E-state index contributed by atoms with van der Waals surface area (Å²) in [5.74, 6) is 1.11. The Balaban J connectivity index is 2.07. The molecule has 0 aromatic heterocycles. The Labute approximate surface area is 109 Å².